The molecule has 0 radical (unpaired) electrons. The van der Waals surface area contributed by atoms with Crippen LogP contribution in [0.5, 0.6) is 5.88 Å². The maximum atomic E-state index is 12.0. The number of ether oxygens (including phenoxy) is 1. The standard InChI is InChI=1S/C23H29N7O3S/c1-23(2,31)15-33-20-14-30-22(17(11-24)13-26-30)21(27-20)16-5-6-19(25-12-16)29-9-7-18(8-10-29)28-34(3,4)32/h5-6,12-14,18,31H,7-10,15H2,1-4H3. The molecule has 0 spiro atoms. The van der Waals surface area contributed by atoms with Crippen molar-refractivity contribution in [2.45, 2.75) is 38.3 Å². The summed E-state index contributed by atoms with van der Waals surface area (Å²) in [7, 11) is -2.10. The number of anilines is 1. The molecule has 0 unspecified atom stereocenters. The summed E-state index contributed by atoms with van der Waals surface area (Å²) in [5.41, 5.74) is 1.20. The number of nitriles is 1. The molecular formula is C23H29N7O3S. The fraction of sp³-hybridized carbons (Fsp3) is 0.478. The quantitative estimate of drug-likeness (QED) is 0.566. The normalized spacial score (nSPS) is 15.4. The number of piperidine rings is 1. The molecular weight excluding hydrogens is 454 g/mol. The fourth-order valence-corrected chi connectivity index (χ4v) is 4.80. The van der Waals surface area contributed by atoms with Crippen molar-refractivity contribution in [3.05, 3.63) is 36.3 Å². The highest BCUT2D eigenvalue weighted by Gasteiger charge is 2.22. The van der Waals surface area contributed by atoms with Crippen LogP contribution < -0.4 is 9.64 Å². The van der Waals surface area contributed by atoms with Crippen LogP contribution in [0.2, 0.25) is 0 Å². The highest BCUT2D eigenvalue weighted by Crippen LogP contribution is 2.29. The Morgan fingerprint density at radius 3 is 2.62 bits per heavy atom. The molecule has 1 aliphatic heterocycles. The molecule has 4 rings (SSSR count). The van der Waals surface area contributed by atoms with Crippen LogP contribution >= 0.6 is 0 Å². The number of nitrogens with zero attached hydrogens (tertiary/aromatic N) is 7. The van der Waals surface area contributed by atoms with Crippen molar-refractivity contribution < 1.29 is 14.1 Å². The molecule has 34 heavy (non-hydrogen) atoms. The van der Waals surface area contributed by atoms with Gasteiger partial charge in [0.05, 0.1) is 24.0 Å². The second-order valence-electron chi connectivity index (χ2n) is 9.40. The summed E-state index contributed by atoms with van der Waals surface area (Å²) in [5.74, 6) is 1.13. The first-order valence-electron chi connectivity index (χ1n) is 11.0. The molecule has 1 aliphatic rings. The zero-order chi connectivity index (χ0) is 24.5. The van der Waals surface area contributed by atoms with Gasteiger partial charge in [-0.05, 0) is 38.8 Å². The molecule has 3 aromatic heterocycles. The second-order valence-corrected chi connectivity index (χ2v) is 12.0. The van der Waals surface area contributed by atoms with Gasteiger partial charge >= 0.3 is 0 Å². The van der Waals surface area contributed by atoms with E-state index >= 15 is 0 Å². The van der Waals surface area contributed by atoms with Crippen molar-refractivity contribution in [3.63, 3.8) is 0 Å². The van der Waals surface area contributed by atoms with E-state index in [1.165, 1.54) is 6.20 Å². The number of hydrogen-bond donors (Lipinski definition) is 1. The summed E-state index contributed by atoms with van der Waals surface area (Å²) in [6, 6.07) is 6.12. The largest absolute Gasteiger partial charge is 0.474 e. The Hall–Kier alpha value is -3.23. The van der Waals surface area contributed by atoms with Gasteiger partial charge in [-0.15, -0.1) is 0 Å². The van der Waals surface area contributed by atoms with Crippen LogP contribution in [-0.2, 0) is 9.73 Å². The molecule has 1 N–H and O–H groups in total. The number of hydrogen-bond acceptors (Lipinski definition) is 9. The summed E-state index contributed by atoms with van der Waals surface area (Å²) in [5, 5.41) is 23.8. The van der Waals surface area contributed by atoms with E-state index in [1.54, 1.807) is 43.3 Å². The molecule has 0 aliphatic carbocycles. The topological polar surface area (TPSA) is 129 Å². The minimum Gasteiger partial charge on any atom is -0.474 e. The van der Waals surface area contributed by atoms with Gasteiger partial charge in [0.15, 0.2) is 0 Å². The van der Waals surface area contributed by atoms with Gasteiger partial charge in [0.1, 0.15) is 35.3 Å². The van der Waals surface area contributed by atoms with Crippen LogP contribution in [0.15, 0.2) is 35.1 Å². The van der Waals surface area contributed by atoms with Gasteiger partial charge in [-0.3, -0.25) is 4.21 Å². The number of rotatable bonds is 6. The number of fused-ring (bicyclic) bond motifs is 1. The van der Waals surface area contributed by atoms with E-state index in [2.05, 4.69) is 30.4 Å². The third-order valence-corrected chi connectivity index (χ3v) is 6.19. The van der Waals surface area contributed by atoms with Crippen molar-refractivity contribution in [1.82, 2.24) is 19.6 Å². The van der Waals surface area contributed by atoms with Crippen LogP contribution in [0.4, 0.5) is 5.82 Å². The Labute approximate surface area is 199 Å². The molecule has 1 saturated heterocycles. The second kappa shape index (κ2) is 9.19. The molecule has 4 heterocycles. The van der Waals surface area contributed by atoms with Gasteiger partial charge in [0.2, 0.25) is 5.88 Å². The van der Waals surface area contributed by atoms with Crippen LogP contribution in [0.1, 0.15) is 32.3 Å². The van der Waals surface area contributed by atoms with Crippen LogP contribution in [0.25, 0.3) is 16.8 Å². The molecule has 10 nitrogen and oxygen atoms in total. The Morgan fingerprint density at radius 1 is 1.29 bits per heavy atom. The Kier molecular flexibility index (Phi) is 6.47. The molecule has 0 saturated carbocycles. The third kappa shape index (κ3) is 5.63. The van der Waals surface area contributed by atoms with Gasteiger partial charge in [0, 0.05) is 47.1 Å². The maximum Gasteiger partial charge on any atom is 0.233 e. The molecule has 1 fully saturated rings. The van der Waals surface area contributed by atoms with Crippen molar-refractivity contribution in [2.75, 3.05) is 37.1 Å². The maximum absolute atomic E-state index is 12.0. The first-order valence-corrected chi connectivity index (χ1v) is 13.4. The van der Waals surface area contributed by atoms with E-state index < -0.39 is 15.3 Å². The van der Waals surface area contributed by atoms with Crippen molar-refractivity contribution >= 4 is 21.1 Å². The lowest BCUT2D eigenvalue weighted by molar-refractivity contribution is 0.0267. The van der Waals surface area contributed by atoms with E-state index in [9.17, 15) is 14.6 Å². The predicted molar refractivity (Wildman–Crippen MR) is 130 cm³/mol. The van der Waals surface area contributed by atoms with E-state index in [-0.39, 0.29) is 18.5 Å². The molecule has 0 aromatic carbocycles. The van der Waals surface area contributed by atoms with E-state index in [0.29, 0.717) is 16.8 Å². The molecule has 0 amide bonds. The minimum absolute atomic E-state index is 0.0573. The summed E-state index contributed by atoms with van der Waals surface area (Å²) in [4.78, 5) is 11.4. The molecule has 0 bridgehead atoms. The zero-order valence-electron chi connectivity index (χ0n) is 19.8. The first-order chi connectivity index (χ1) is 16.0. The Balaban J connectivity index is 1.60. The highest BCUT2D eigenvalue weighted by molar-refractivity contribution is 7.92. The fourth-order valence-electron chi connectivity index (χ4n) is 3.87. The molecule has 0 atom stereocenters. The van der Waals surface area contributed by atoms with E-state index in [1.807, 2.05) is 12.1 Å². The van der Waals surface area contributed by atoms with Gasteiger partial charge in [0.25, 0.3) is 0 Å². The smallest absolute Gasteiger partial charge is 0.233 e. The van der Waals surface area contributed by atoms with Gasteiger partial charge in [-0.25, -0.2) is 18.8 Å². The molecule has 11 heteroatoms. The first kappa shape index (κ1) is 23.9. The average molecular weight is 484 g/mol. The van der Waals surface area contributed by atoms with Crippen molar-refractivity contribution in [1.29, 1.82) is 5.26 Å². The third-order valence-electron chi connectivity index (χ3n) is 5.38. The zero-order valence-corrected chi connectivity index (χ0v) is 20.6. The number of pyridine rings is 1. The predicted octanol–water partition coefficient (Wildman–Crippen LogP) is 2.51. The summed E-state index contributed by atoms with van der Waals surface area (Å²) >= 11 is 0. The van der Waals surface area contributed by atoms with Crippen LogP contribution in [0.3, 0.4) is 0 Å². The lowest BCUT2D eigenvalue weighted by atomic mass is 10.1. The number of aromatic nitrogens is 4. The summed E-state index contributed by atoms with van der Waals surface area (Å²) in [6.45, 7) is 4.94. The van der Waals surface area contributed by atoms with E-state index in [4.69, 9.17) is 4.74 Å². The lowest BCUT2D eigenvalue weighted by Gasteiger charge is -2.31. The summed E-state index contributed by atoms with van der Waals surface area (Å²) < 4.78 is 23.6. The van der Waals surface area contributed by atoms with Gasteiger partial charge in [-0.1, -0.05) is 0 Å². The van der Waals surface area contributed by atoms with Gasteiger partial charge < -0.3 is 14.7 Å². The lowest BCUT2D eigenvalue weighted by Crippen LogP contribution is -2.36. The Morgan fingerprint density at radius 2 is 2.03 bits per heavy atom. The van der Waals surface area contributed by atoms with Crippen molar-refractivity contribution in [3.8, 4) is 23.2 Å². The van der Waals surface area contributed by atoms with Crippen LogP contribution in [-0.4, -0.2) is 72.7 Å². The summed E-state index contributed by atoms with van der Waals surface area (Å²) in [6.07, 6.45) is 9.84. The molecule has 180 valence electrons. The Bertz CT molecular complexity index is 1330. The van der Waals surface area contributed by atoms with Crippen LogP contribution in [0, 0.1) is 11.3 Å². The number of aliphatic hydroxyl groups is 1. The average Bonchev–Trinajstić information content (AvgIpc) is 3.19. The van der Waals surface area contributed by atoms with Gasteiger partial charge in [-0.2, -0.15) is 10.4 Å². The highest BCUT2D eigenvalue weighted by atomic mass is 32.2. The van der Waals surface area contributed by atoms with Crippen molar-refractivity contribution in [2.24, 2.45) is 4.36 Å². The SMILES string of the molecule is CC(C)(O)COc1cn2ncc(C#N)c2c(-c2ccc(N3CCC(N=S(C)(C)=O)CC3)nc2)n1. The molecule has 3 aromatic rings. The van der Waals surface area contributed by atoms with E-state index in [0.717, 1.165) is 37.3 Å². The minimum atomic E-state index is -2.10. The monoisotopic (exact) mass is 483 g/mol.